The SMILES string of the molecule is Cl.O=C(CN1C(=O)CSc2ccccc21)NCC1CCCN1. The van der Waals surface area contributed by atoms with Crippen molar-refractivity contribution in [1.29, 1.82) is 0 Å². The van der Waals surface area contributed by atoms with E-state index in [1.807, 2.05) is 24.3 Å². The molecule has 22 heavy (non-hydrogen) atoms. The first kappa shape index (κ1) is 17.1. The van der Waals surface area contributed by atoms with Crippen LogP contribution in [0.5, 0.6) is 0 Å². The first-order valence-corrected chi connectivity index (χ1v) is 8.25. The monoisotopic (exact) mass is 341 g/mol. The first-order chi connectivity index (χ1) is 10.2. The molecule has 3 rings (SSSR count). The molecule has 1 atom stereocenters. The molecular formula is C15H20ClN3O2S. The van der Waals surface area contributed by atoms with Gasteiger partial charge in [-0.2, -0.15) is 0 Å². The van der Waals surface area contributed by atoms with E-state index in [2.05, 4.69) is 10.6 Å². The van der Waals surface area contributed by atoms with Crippen LogP contribution in [0.1, 0.15) is 12.8 Å². The number of fused-ring (bicyclic) bond motifs is 1. The Morgan fingerprint density at radius 1 is 1.41 bits per heavy atom. The zero-order chi connectivity index (χ0) is 14.7. The standard InChI is InChI=1S/C15H19N3O2S.ClH/c19-14(17-8-11-4-3-7-16-11)9-18-12-5-1-2-6-13(12)21-10-15(18)20;/h1-2,5-6,11,16H,3-4,7-10H2,(H,17,19);1H. The number of anilines is 1. The molecule has 0 saturated carbocycles. The third-order valence-corrected chi connectivity index (χ3v) is 4.87. The normalized spacial score (nSPS) is 20.3. The van der Waals surface area contributed by atoms with Crippen LogP contribution < -0.4 is 15.5 Å². The van der Waals surface area contributed by atoms with Crippen LogP contribution in [0.15, 0.2) is 29.2 Å². The molecule has 2 amide bonds. The van der Waals surface area contributed by atoms with Gasteiger partial charge in [0.2, 0.25) is 11.8 Å². The number of nitrogens with one attached hydrogen (secondary N) is 2. The van der Waals surface area contributed by atoms with Crippen molar-refractivity contribution < 1.29 is 9.59 Å². The molecule has 0 bridgehead atoms. The summed E-state index contributed by atoms with van der Waals surface area (Å²) in [5, 5.41) is 6.26. The fourth-order valence-corrected chi connectivity index (χ4v) is 3.63. The van der Waals surface area contributed by atoms with Gasteiger partial charge < -0.3 is 15.5 Å². The Morgan fingerprint density at radius 3 is 3.00 bits per heavy atom. The van der Waals surface area contributed by atoms with Crippen molar-refractivity contribution in [3.63, 3.8) is 0 Å². The summed E-state index contributed by atoms with van der Waals surface area (Å²) in [6, 6.07) is 8.09. The van der Waals surface area contributed by atoms with E-state index >= 15 is 0 Å². The molecule has 2 heterocycles. The molecule has 2 aliphatic rings. The molecule has 1 saturated heterocycles. The van der Waals surface area contributed by atoms with Gasteiger partial charge in [-0.25, -0.2) is 0 Å². The van der Waals surface area contributed by atoms with Crippen LogP contribution >= 0.6 is 24.2 Å². The fourth-order valence-electron chi connectivity index (χ4n) is 2.69. The summed E-state index contributed by atoms with van der Waals surface area (Å²) in [4.78, 5) is 26.8. The minimum absolute atomic E-state index is 0. The number of carbonyl (C=O) groups excluding carboxylic acids is 2. The number of thioether (sulfide) groups is 1. The van der Waals surface area contributed by atoms with Crippen molar-refractivity contribution in [2.24, 2.45) is 0 Å². The van der Waals surface area contributed by atoms with Crippen LogP contribution in [-0.2, 0) is 9.59 Å². The molecular weight excluding hydrogens is 322 g/mol. The second-order valence-corrected chi connectivity index (χ2v) is 6.35. The van der Waals surface area contributed by atoms with Crippen LogP contribution in [-0.4, -0.2) is 43.2 Å². The van der Waals surface area contributed by atoms with Crippen molar-refractivity contribution in [2.45, 2.75) is 23.8 Å². The van der Waals surface area contributed by atoms with Gasteiger partial charge in [-0.3, -0.25) is 9.59 Å². The molecule has 2 aliphatic heterocycles. The quantitative estimate of drug-likeness (QED) is 0.869. The van der Waals surface area contributed by atoms with Crippen LogP contribution in [0.25, 0.3) is 0 Å². The first-order valence-electron chi connectivity index (χ1n) is 7.26. The Labute approximate surface area is 140 Å². The highest BCUT2D eigenvalue weighted by Gasteiger charge is 2.26. The summed E-state index contributed by atoms with van der Waals surface area (Å²) in [5.41, 5.74) is 0.841. The highest BCUT2D eigenvalue weighted by Crippen LogP contribution is 2.34. The number of halogens is 1. The molecule has 120 valence electrons. The molecule has 7 heteroatoms. The Morgan fingerprint density at radius 2 is 2.23 bits per heavy atom. The van der Waals surface area contributed by atoms with Gasteiger partial charge in [-0.1, -0.05) is 12.1 Å². The second kappa shape index (κ2) is 7.85. The number of nitrogens with zero attached hydrogens (tertiary/aromatic N) is 1. The van der Waals surface area contributed by atoms with Crippen molar-refractivity contribution in [3.05, 3.63) is 24.3 Å². The number of para-hydroxylation sites is 1. The highest BCUT2D eigenvalue weighted by molar-refractivity contribution is 8.00. The molecule has 2 N–H and O–H groups in total. The molecule has 1 fully saturated rings. The molecule has 0 radical (unpaired) electrons. The van der Waals surface area contributed by atoms with E-state index in [4.69, 9.17) is 0 Å². The predicted molar refractivity (Wildman–Crippen MR) is 90.8 cm³/mol. The van der Waals surface area contributed by atoms with Crippen molar-refractivity contribution >= 4 is 41.7 Å². The summed E-state index contributed by atoms with van der Waals surface area (Å²) in [5.74, 6) is 0.292. The van der Waals surface area contributed by atoms with Gasteiger partial charge in [-0.05, 0) is 31.5 Å². The smallest absolute Gasteiger partial charge is 0.240 e. The van der Waals surface area contributed by atoms with Crippen LogP contribution in [0.2, 0.25) is 0 Å². The predicted octanol–water partition coefficient (Wildman–Crippen LogP) is 1.42. The van der Waals surface area contributed by atoms with E-state index in [-0.39, 0.29) is 30.8 Å². The molecule has 0 aromatic heterocycles. The Kier molecular flexibility index (Phi) is 6.11. The topological polar surface area (TPSA) is 61.4 Å². The van der Waals surface area contributed by atoms with Crippen LogP contribution in [0.4, 0.5) is 5.69 Å². The lowest BCUT2D eigenvalue weighted by Crippen LogP contribution is -2.45. The largest absolute Gasteiger partial charge is 0.353 e. The molecule has 1 unspecified atom stereocenters. The lowest BCUT2D eigenvalue weighted by atomic mass is 10.2. The Hall–Kier alpha value is -1.24. The Bertz CT molecular complexity index is 549. The van der Waals surface area contributed by atoms with E-state index < -0.39 is 0 Å². The maximum Gasteiger partial charge on any atom is 0.240 e. The zero-order valence-corrected chi connectivity index (χ0v) is 13.8. The lowest BCUT2D eigenvalue weighted by Gasteiger charge is -2.28. The summed E-state index contributed by atoms with van der Waals surface area (Å²) < 4.78 is 0. The van der Waals surface area contributed by atoms with E-state index in [0.717, 1.165) is 30.0 Å². The number of benzene rings is 1. The average molecular weight is 342 g/mol. The Balaban J connectivity index is 0.00000176. The minimum Gasteiger partial charge on any atom is -0.353 e. The fraction of sp³-hybridized carbons (Fsp3) is 0.467. The van der Waals surface area contributed by atoms with Crippen molar-refractivity contribution in [1.82, 2.24) is 10.6 Å². The van der Waals surface area contributed by atoms with Gasteiger partial charge in [0.25, 0.3) is 0 Å². The van der Waals surface area contributed by atoms with Gasteiger partial charge in [0.15, 0.2) is 0 Å². The summed E-state index contributed by atoms with van der Waals surface area (Å²) >= 11 is 1.53. The summed E-state index contributed by atoms with van der Waals surface area (Å²) in [6.07, 6.45) is 2.26. The van der Waals surface area contributed by atoms with E-state index in [1.54, 1.807) is 4.90 Å². The highest BCUT2D eigenvalue weighted by atomic mass is 35.5. The number of rotatable bonds is 4. The van der Waals surface area contributed by atoms with Crippen LogP contribution in [0, 0.1) is 0 Å². The average Bonchev–Trinajstić information content (AvgIpc) is 3.01. The summed E-state index contributed by atoms with van der Waals surface area (Å²) in [7, 11) is 0. The van der Waals surface area contributed by atoms with Gasteiger partial charge >= 0.3 is 0 Å². The number of hydrogen-bond acceptors (Lipinski definition) is 4. The van der Waals surface area contributed by atoms with Gasteiger partial charge in [0.05, 0.1) is 11.4 Å². The maximum absolute atomic E-state index is 12.1. The van der Waals surface area contributed by atoms with E-state index in [1.165, 1.54) is 11.8 Å². The lowest BCUT2D eigenvalue weighted by molar-refractivity contribution is -0.123. The summed E-state index contributed by atoms with van der Waals surface area (Å²) in [6.45, 7) is 1.76. The van der Waals surface area contributed by atoms with E-state index in [0.29, 0.717) is 18.3 Å². The number of carbonyl (C=O) groups is 2. The third kappa shape index (κ3) is 3.94. The number of hydrogen-bond donors (Lipinski definition) is 2. The van der Waals surface area contributed by atoms with Crippen LogP contribution in [0.3, 0.4) is 0 Å². The number of amides is 2. The maximum atomic E-state index is 12.1. The minimum atomic E-state index is -0.0984. The van der Waals surface area contributed by atoms with Crippen molar-refractivity contribution in [3.8, 4) is 0 Å². The van der Waals surface area contributed by atoms with Crippen molar-refractivity contribution in [2.75, 3.05) is 30.3 Å². The molecule has 5 nitrogen and oxygen atoms in total. The second-order valence-electron chi connectivity index (χ2n) is 5.33. The van der Waals surface area contributed by atoms with Gasteiger partial charge in [0, 0.05) is 17.5 Å². The van der Waals surface area contributed by atoms with Gasteiger partial charge in [0.1, 0.15) is 6.54 Å². The van der Waals surface area contributed by atoms with Gasteiger partial charge in [-0.15, -0.1) is 24.2 Å². The molecule has 0 spiro atoms. The zero-order valence-electron chi connectivity index (χ0n) is 12.2. The molecule has 1 aromatic rings. The molecule has 1 aromatic carbocycles. The molecule has 0 aliphatic carbocycles. The third-order valence-electron chi connectivity index (χ3n) is 3.82. The van der Waals surface area contributed by atoms with E-state index in [9.17, 15) is 9.59 Å².